The standard InChI is InChI=1S/C16H27N3O/c1-2-12-20-16-5-3-4-15(13-16)14-18-8-11-19-9-6-17-7-10-19/h3-5,13,17-18H,2,6-12,14H2,1H3. The topological polar surface area (TPSA) is 36.5 Å². The van der Waals surface area contributed by atoms with Gasteiger partial charge in [0.2, 0.25) is 0 Å². The van der Waals surface area contributed by atoms with E-state index in [1.807, 2.05) is 6.07 Å². The molecule has 1 aromatic carbocycles. The highest BCUT2D eigenvalue weighted by Crippen LogP contribution is 2.13. The van der Waals surface area contributed by atoms with Crippen molar-refractivity contribution < 1.29 is 4.74 Å². The molecule has 0 saturated carbocycles. The molecule has 112 valence electrons. The van der Waals surface area contributed by atoms with E-state index in [4.69, 9.17) is 4.74 Å². The van der Waals surface area contributed by atoms with Gasteiger partial charge in [0.25, 0.3) is 0 Å². The van der Waals surface area contributed by atoms with Crippen molar-refractivity contribution in [2.75, 3.05) is 45.9 Å². The van der Waals surface area contributed by atoms with Gasteiger partial charge in [0, 0.05) is 45.8 Å². The Labute approximate surface area is 122 Å². The van der Waals surface area contributed by atoms with Crippen LogP contribution in [0.3, 0.4) is 0 Å². The molecule has 0 aromatic heterocycles. The van der Waals surface area contributed by atoms with Gasteiger partial charge >= 0.3 is 0 Å². The SMILES string of the molecule is CCCOc1cccc(CNCCN2CCNCC2)c1. The van der Waals surface area contributed by atoms with Gasteiger partial charge < -0.3 is 15.4 Å². The first-order valence-electron chi connectivity index (χ1n) is 7.74. The van der Waals surface area contributed by atoms with E-state index in [-0.39, 0.29) is 0 Å². The van der Waals surface area contributed by atoms with Crippen molar-refractivity contribution in [3.05, 3.63) is 29.8 Å². The number of piperazine rings is 1. The van der Waals surface area contributed by atoms with Crippen LogP contribution in [0.5, 0.6) is 5.75 Å². The zero-order chi connectivity index (χ0) is 14.0. The van der Waals surface area contributed by atoms with Crippen LogP contribution in [0, 0.1) is 0 Å². The Hall–Kier alpha value is -1.10. The number of hydrogen-bond donors (Lipinski definition) is 2. The van der Waals surface area contributed by atoms with Crippen LogP contribution in [0.4, 0.5) is 0 Å². The third-order valence-electron chi connectivity index (χ3n) is 3.51. The van der Waals surface area contributed by atoms with Crippen LogP contribution in [0.25, 0.3) is 0 Å². The van der Waals surface area contributed by atoms with Gasteiger partial charge in [-0.1, -0.05) is 19.1 Å². The molecular weight excluding hydrogens is 250 g/mol. The van der Waals surface area contributed by atoms with Crippen LogP contribution >= 0.6 is 0 Å². The summed E-state index contributed by atoms with van der Waals surface area (Å²) in [6.07, 6.45) is 1.05. The van der Waals surface area contributed by atoms with E-state index in [0.717, 1.165) is 51.5 Å². The second kappa shape index (κ2) is 8.95. The first-order valence-corrected chi connectivity index (χ1v) is 7.74. The highest BCUT2D eigenvalue weighted by molar-refractivity contribution is 5.28. The fourth-order valence-electron chi connectivity index (χ4n) is 2.37. The quantitative estimate of drug-likeness (QED) is 0.706. The van der Waals surface area contributed by atoms with E-state index in [1.165, 1.54) is 18.7 Å². The van der Waals surface area contributed by atoms with Crippen LogP contribution in [0.2, 0.25) is 0 Å². The smallest absolute Gasteiger partial charge is 0.119 e. The van der Waals surface area contributed by atoms with Gasteiger partial charge in [-0.25, -0.2) is 0 Å². The van der Waals surface area contributed by atoms with Crippen molar-refractivity contribution in [3.63, 3.8) is 0 Å². The van der Waals surface area contributed by atoms with Crippen LogP contribution < -0.4 is 15.4 Å². The van der Waals surface area contributed by atoms with E-state index in [1.54, 1.807) is 0 Å². The average molecular weight is 277 g/mol. The van der Waals surface area contributed by atoms with Gasteiger partial charge in [0.05, 0.1) is 6.61 Å². The Balaban J connectivity index is 1.65. The monoisotopic (exact) mass is 277 g/mol. The molecule has 0 radical (unpaired) electrons. The summed E-state index contributed by atoms with van der Waals surface area (Å²) in [6, 6.07) is 8.38. The van der Waals surface area contributed by atoms with Gasteiger partial charge in [0.15, 0.2) is 0 Å². The molecule has 0 spiro atoms. The molecule has 1 heterocycles. The van der Waals surface area contributed by atoms with Crippen molar-refractivity contribution in [1.82, 2.24) is 15.5 Å². The van der Waals surface area contributed by atoms with Crippen molar-refractivity contribution in [3.8, 4) is 5.75 Å². The molecule has 0 aliphatic carbocycles. The molecule has 20 heavy (non-hydrogen) atoms. The lowest BCUT2D eigenvalue weighted by Crippen LogP contribution is -2.45. The summed E-state index contributed by atoms with van der Waals surface area (Å²) in [4.78, 5) is 2.50. The lowest BCUT2D eigenvalue weighted by atomic mass is 10.2. The van der Waals surface area contributed by atoms with Gasteiger partial charge in [-0.2, -0.15) is 0 Å². The van der Waals surface area contributed by atoms with Gasteiger partial charge in [-0.15, -0.1) is 0 Å². The highest BCUT2D eigenvalue weighted by Gasteiger charge is 2.07. The Morgan fingerprint density at radius 2 is 2.15 bits per heavy atom. The van der Waals surface area contributed by atoms with Crippen molar-refractivity contribution in [2.24, 2.45) is 0 Å². The summed E-state index contributed by atoms with van der Waals surface area (Å²) >= 11 is 0. The molecule has 2 rings (SSSR count). The van der Waals surface area contributed by atoms with E-state index in [2.05, 4.69) is 40.7 Å². The van der Waals surface area contributed by atoms with Crippen LogP contribution in [0.15, 0.2) is 24.3 Å². The summed E-state index contributed by atoms with van der Waals surface area (Å²) in [5.41, 5.74) is 1.29. The van der Waals surface area contributed by atoms with E-state index < -0.39 is 0 Å². The predicted octanol–water partition coefficient (Wildman–Crippen LogP) is 1.47. The van der Waals surface area contributed by atoms with Crippen LogP contribution in [-0.2, 0) is 6.54 Å². The summed E-state index contributed by atoms with van der Waals surface area (Å²) in [5.74, 6) is 0.980. The van der Waals surface area contributed by atoms with Crippen molar-refractivity contribution >= 4 is 0 Å². The van der Waals surface area contributed by atoms with Crippen LogP contribution in [-0.4, -0.2) is 50.8 Å². The Bertz CT molecular complexity index is 378. The number of benzene rings is 1. The highest BCUT2D eigenvalue weighted by atomic mass is 16.5. The van der Waals surface area contributed by atoms with Crippen LogP contribution in [0.1, 0.15) is 18.9 Å². The summed E-state index contributed by atoms with van der Waals surface area (Å²) < 4.78 is 5.65. The molecule has 4 heteroatoms. The Kier molecular flexibility index (Phi) is 6.84. The molecule has 1 aromatic rings. The van der Waals surface area contributed by atoms with Gasteiger partial charge in [0.1, 0.15) is 5.75 Å². The molecule has 0 bridgehead atoms. The molecular formula is C16H27N3O. The molecule has 0 amide bonds. The minimum absolute atomic E-state index is 0.792. The maximum Gasteiger partial charge on any atom is 0.119 e. The molecule has 1 aliphatic rings. The molecule has 1 aliphatic heterocycles. The lowest BCUT2D eigenvalue weighted by molar-refractivity contribution is 0.241. The first kappa shape index (κ1) is 15.3. The molecule has 0 unspecified atom stereocenters. The molecule has 1 fully saturated rings. The fourth-order valence-corrected chi connectivity index (χ4v) is 2.37. The minimum atomic E-state index is 0.792. The number of nitrogens with one attached hydrogen (secondary N) is 2. The largest absolute Gasteiger partial charge is 0.494 e. The maximum atomic E-state index is 5.65. The molecule has 0 atom stereocenters. The van der Waals surface area contributed by atoms with Crippen molar-refractivity contribution in [2.45, 2.75) is 19.9 Å². The fraction of sp³-hybridized carbons (Fsp3) is 0.625. The third kappa shape index (κ3) is 5.49. The second-order valence-electron chi connectivity index (χ2n) is 5.26. The first-order chi connectivity index (χ1) is 9.88. The Morgan fingerprint density at radius 1 is 1.30 bits per heavy atom. The lowest BCUT2D eigenvalue weighted by Gasteiger charge is -2.27. The second-order valence-corrected chi connectivity index (χ2v) is 5.26. The van der Waals surface area contributed by atoms with E-state index in [0.29, 0.717) is 0 Å². The molecule has 2 N–H and O–H groups in total. The summed E-state index contributed by atoms with van der Waals surface area (Å²) in [5, 5.41) is 6.89. The third-order valence-corrected chi connectivity index (χ3v) is 3.51. The molecule has 4 nitrogen and oxygen atoms in total. The number of nitrogens with zero attached hydrogens (tertiary/aromatic N) is 1. The maximum absolute atomic E-state index is 5.65. The normalized spacial score (nSPS) is 16.2. The minimum Gasteiger partial charge on any atom is -0.494 e. The summed E-state index contributed by atoms with van der Waals surface area (Å²) in [7, 11) is 0. The number of hydrogen-bond acceptors (Lipinski definition) is 4. The molecule has 1 saturated heterocycles. The van der Waals surface area contributed by atoms with Gasteiger partial charge in [-0.3, -0.25) is 4.90 Å². The van der Waals surface area contributed by atoms with E-state index in [9.17, 15) is 0 Å². The number of ether oxygens (including phenoxy) is 1. The van der Waals surface area contributed by atoms with Gasteiger partial charge in [-0.05, 0) is 24.1 Å². The number of rotatable bonds is 8. The predicted molar refractivity (Wildman–Crippen MR) is 83.2 cm³/mol. The summed E-state index contributed by atoms with van der Waals surface area (Å²) in [6.45, 7) is 10.6. The van der Waals surface area contributed by atoms with Crippen molar-refractivity contribution in [1.29, 1.82) is 0 Å². The average Bonchev–Trinajstić information content (AvgIpc) is 2.51. The van der Waals surface area contributed by atoms with E-state index >= 15 is 0 Å². The zero-order valence-electron chi connectivity index (χ0n) is 12.5. The Morgan fingerprint density at radius 3 is 2.95 bits per heavy atom. The zero-order valence-corrected chi connectivity index (χ0v) is 12.5.